The Kier molecular flexibility index (Phi) is 7.34. The number of H-pyrrole nitrogens is 1. The molecule has 33 heavy (non-hydrogen) atoms. The molecule has 0 aliphatic heterocycles. The van der Waals surface area contributed by atoms with Gasteiger partial charge in [-0.15, -0.1) is 16.4 Å². The van der Waals surface area contributed by atoms with Gasteiger partial charge in [-0.3, -0.25) is 9.89 Å². The Balaban J connectivity index is 1.38. The molecule has 0 radical (unpaired) electrons. The van der Waals surface area contributed by atoms with E-state index in [1.54, 1.807) is 12.2 Å². The number of aromatic amines is 1. The van der Waals surface area contributed by atoms with E-state index in [2.05, 4.69) is 20.5 Å². The molecule has 0 spiro atoms. The number of carbonyl (C=O) groups excluding carboxylic acids is 2. The molecule has 1 aliphatic carbocycles. The summed E-state index contributed by atoms with van der Waals surface area (Å²) in [5, 5.41) is 10.9. The smallest absolute Gasteiger partial charge is 0.341 e. The average Bonchev–Trinajstić information content (AvgIpc) is 3.48. The molecule has 174 valence electrons. The second-order valence-electron chi connectivity index (χ2n) is 7.99. The Morgan fingerprint density at radius 1 is 1.30 bits per heavy atom. The van der Waals surface area contributed by atoms with Gasteiger partial charge in [0.1, 0.15) is 22.3 Å². The number of hydrogen-bond donors (Lipinski definition) is 2. The predicted octanol–water partition coefficient (Wildman–Crippen LogP) is 5.11. The third-order valence-corrected chi connectivity index (χ3v) is 7.01. The zero-order valence-electron chi connectivity index (χ0n) is 18.8. The molecule has 1 aliphatic rings. The van der Waals surface area contributed by atoms with Crippen LogP contribution in [0.2, 0.25) is 0 Å². The molecule has 0 saturated heterocycles. The van der Waals surface area contributed by atoms with Gasteiger partial charge in [-0.05, 0) is 76.3 Å². The van der Waals surface area contributed by atoms with E-state index >= 15 is 0 Å². The van der Waals surface area contributed by atoms with E-state index in [0.29, 0.717) is 21.5 Å². The molecule has 3 aromatic heterocycles. The average molecular weight is 487 g/mol. The minimum Gasteiger partial charge on any atom is -0.462 e. The first-order valence-electron chi connectivity index (χ1n) is 10.8. The number of esters is 1. The third kappa shape index (κ3) is 5.94. The number of thiophene rings is 1. The van der Waals surface area contributed by atoms with Gasteiger partial charge in [-0.2, -0.15) is 0 Å². The number of rotatable bonds is 8. The van der Waals surface area contributed by atoms with E-state index in [0.717, 1.165) is 47.6 Å². The lowest BCUT2D eigenvalue weighted by Gasteiger charge is -2.14. The number of nitrogens with one attached hydrogen (secondary N) is 2. The van der Waals surface area contributed by atoms with E-state index in [4.69, 9.17) is 9.15 Å². The van der Waals surface area contributed by atoms with Gasteiger partial charge < -0.3 is 14.5 Å². The number of thioether (sulfide) groups is 1. The van der Waals surface area contributed by atoms with Crippen LogP contribution in [0.1, 0.15) is 64.8 Å². The van der Waals surface area contributed by atoms with Crippen LogP contribution >= 0.6 is 23.1 Å². The number of hydrogen-bond acceptors (Lipinski definition) is 8. The molecule has 0 fully saturated rings. The molecule has 1 amide bonds. The summed E-state index contributed by atoms with van der Waals surface area (Å²) in [5.74, 6) is 1.66. The first kappa shape index (κ1) is 23.3. The highest BCUT2D eigenvalue weighted by Crippen LogP contribution is 2.38. The Morgan fingerprint density at radius 3 is 2.88 bits per heavy atom. The Hall–Kier alpha value is -2.85. The number of carbonyl (C=O) groups is 2. The number of anilines is 1. The standard InChI is InChI=1S/C23H26N4O4S2/c1-13(2)30-22(29)20-16-6-4-5-7-17(16)33-21(20)25-19(28)12-32-23-24-18(26-27-23)11-10-15-9-8-14(3)31-15/h8-11,13H,4-7,12H2,1-3H3,(H,25,28)(H,24,26,27)/b11-10+. The van der Waals surface area contributed by atoms with Crippen LogP contribution in [0.4, 0.5) is 5.00 Å². The summed E-state index contributed by atoms with van der Waals surface area (Å²) >= 11 is 2.70. The molecule has 8 nitrogen and oxygen atoms in total. The number of nitrogens with zero attached hydrogens (tertiary/aromatic N) is 2. The van der Waals surface area contributed by atoms with Crippen LogP contribution in [0.15, 0.2) is 21.7 Å². The van der Waals surface area contributed by atoms with Gasteiger partial charge in [-0.25, -0.2) is 9.78 Å². The summed E-state index contributed by atoms with van der Waals surface area (Å²) in [6, 6.07) is 3.76. The highest BCUT2D eigenvalue weighted by atomic mass is 32.2. The number of ether oxygens (including phenoxy) is 1. The van der Waals surface area contributed by atoms with Crippen molar-refractivity contribution in [1.29, 1.82) is 0 Å². The fourth-order valence-electron chi connectivity index (χ4n) is 3.54. The van der Waals surface area contributed by atoms with Crippen LogP contribution in [0.5, 0.6) is 0 Å². The maximum atomic E-state index is 12.7. The zero-order chi connectivity index (χ0) is 23.4. The molecular weight excluding hydrogens is 460 g/mol. The molecule has 2 N–H and O–H groups in total. The summed E-state index contributed by atoms with van der Waals surface area (Å²) in [6.07, 6.45) is 7.24. The molecule has 0 saturated carbocycles. The summed E-state index contributed by atoms with van der Waals surface area (Å²) in [6.45, 7) is 5.52. The maximum Gasteiger partial charge on any atom is 0.341 e. The van der Waals surface area contributed by atoms with Crippen LogP contribution < -0.4 is 5.32 Å². The number of amides is 1. The Morgan fingerprint density at radius 2 is 2.12 bits per heavy atom. The van der Waals surface area contributed by atoms with Crippen LogP contribution in [0, 0.1) is 6.92 Å². The van der Waals surface area contributed by atoms with Crippen LogP contribution in [-0.4, -0.2) is 38.9 Å². The van der Waals surface area contributed by atoms with Crippen molar-refractivity contribution in [2.45, 2.75) is 57.7 Å². The van der Waals surface area contributed by atoms with E-state index in [1.807, 2.05) is 32.9 Å². The van der Waals surface area contributed by atoms with Gasteiger partial charge in [0.05, 0.1) is 17.4 Å². The largest absolute Gasteiger partial charge is 0.462 e. The molecule has 0 bridgehead atoms. The quantitative estimate of drug-likeness (QED) is 0.336. The van der Waals surface area contributed by atoms with Crippen molar-refractivity contribution in [3.8, 4) is 0 Å². The monoisotopic (exact) mass is 486 g/mol. The first-order chi connectivity index (χ1) is 15.9. The van der Waals surface area contributed by atoms with Crippen molar-refractivity contribution in [2.24, 2.45) is 0 Å². The highest BCUT2D eigenvalue weighted by molar-refractivity contribution is 7.99. The van der Waals surface area contributed by atoms with E-state index in [9.17, 15) is 9.59 Å². The fraction of sp³-hybridized carbons (Fsp3) is 0.391. The normalized spacial score (nSPS) is 13.5. The predicted molar refractivity (Wildman–Crippen MR) is 130 cm³/mol. The lowest BCUT2D eigenvalue weighted by atomic mass is 9.95. The number of furan rings is 1. The van der Waals surface area contributed by atoms with Crippen LogP contribution in [0.25, 0.3) is 12.2 Å². The molecule has 0 atom stereocenters. The maximum absolute atomic E-state index is 12.7. The molecular formula is C23H26N4O4S2. The summed E-state index contributed by atoms with van der Waals surface area (Å²) in [4.78, 5) is 30.9. The van der Waals surface area contributed by atoms with Gasteiger partial charge in [0.25, 0.3) is 0 Å². The highest BCUT2D eigenvalue weighted by Gasteiger charge is 2.28. The van der Waals surface area contributed by atoms with Crippen molar-refractivity contribution in [3.05, 3.63) is 45.5 Å². The number of fused-ring (bicyclic) bond motifs is 1. The molecule has 0 aromatic carbocycles. The van der Waals surface area contributed by atoms with Crippen molar-refractivity contribution >= 4 is 52.1 Å². The SMILES string of the molecule is Cc1ccc(/C=C/c2nc(SCC(=O)Nc3sc4c(c3C(=O)OC(C)C)CCCC4)n[nH]2)o1. The van der Waals surface area contributed by atoms with E-state index in [1.165, 1.54) is 23.1 Å². The fourth-order valence-corrected chi connectivity index (χ4v) is 5.44. The minimum atomic E-state index is -0.371. The third-order valence-electron chi connectivity index (χ3n) is 4.95. The van der Waals surface area contributed by atoms with Gasteiger partial charge in [-0.1, -0.05) is 11.8 Å². The topological polar surface area (TPSA) is 110 Å². The molecule has 3 aromatic rings. The van der Waals surface area contributed by atoms with Gasteiger partial charge >= 0.3 is 5.97 Å². The zero-order valence-corrected chi connectivity index (χ0v) is 20.4. The lowest BCUT2D eigenvalue weighted by Crippen LogP contribution is -2.18. The summed E-state index contributed by atoms with van der Waals surface area (Å²) in [7, 11) is 0. The van der Waals surface area contributed by atoms with Gasteiger partial charge in [0.15, 0.2) is 0 Å². The van der Waals surface area contributed by atoms with Crippen molar-refractivity contribution in [3.63, 3.8) is 0 Å². The van der Waals surface area contributed by atoms with Crippen molar-refractivity contribution in [1.82, 2.24) is 15.2 Å². The summed E-state index contributed by atoms with van der Waals surface area (Å²) in [5.41, 5.74) is 1.54. The Labute approximate surface area is 200 Å². The molecule has 10 heteroatoms. The Bertz CT molecular complexity index is 1180. The lowest BCUT2D eigenvalue weighted by molar-refractivity contribution is -0.113. The molecule has 0 unspecified atom stereocenters. The van der Waals surface area contributed by atoms with Gasteiger partial charge in [0.2, 0.25) is 11.1 Å². The minimum absolute atomic E-state index is 0.125. The van der Waals surface area contributed by atoms with E-state index < -0.39 is 0 Å². The van der Waals surface area contributed by atoms with Crippen LogP contribution in [-0.2, 0) is 22.4 Å². The molecule has 4 rings (SSSR count). The second kappa shape index (κ2) is 10.4. The van der Waals surface area contributed by atoms with Crippen LogP contribution in [0.3, 0.4) is 0 Å². The van der Waals surface area contributed by atoms with E-state index in [-0.39, 0.29) is 23.7 Å². The number of aromatic nitrogens is 3. The second-order valence-corrected chi connectivity index (χ2v) is 10.0. The van der Waals surface area contributed by atoms with Crippen molar-refractivity contribution in [2.75, 3.05) is 11.1 Å². The first-order valence-corrected chi connectivity index (χ1v) is 12.6. The summed E-state index contributed by atoms with van der Waals surface area (Å²) < 4.78 is 10.9. The molecule has 3 heterocycles. The van der Waals surface area contributed by atoms with Gasteiger partial charge in [0, 0.05) is 4.88 Å². The number of aryl methyl sites for hydroxylation is 2. The van der Waals surface area contributed by atoms with Crippen molar-refractivity contribution < 1.29 is 18.7 Å².